The van der Waals surface area contributed by atoms with E-state index in [1.807, 2.05) is 76.8 Å². The maximum atomic E-state index is 5.22. The van der Waals surface area contributed by atoms with Crippen LogP contribution in [0.4, 0.5) is 0 Å². The molecule has 234 valence electrons. The number of hydrogen-bond donors (Lipinski definition) is 6. The van der Waals surface area contributed by atoms with E-state index in [2.05, 4.69) is 54.2 Å². The summed E-state index contributed by atoms with van der Waals surface area (Å²) in [6.07, 6.45) is 15.7. The van der Waals surface area contributed by atoms with Crippen LogP contribution in [-0.4, -0.2) is 59.8 Å². The molecule has 0 fully saturated rings. The van der Waals surface area contributed by atoms with E-state index < -0.39 is 0 Å². The zero-order valence-corrected chi connectivity index (χ0v) is 26.6. The second kappa shape index (κ2) is 10.5. The third kappa shape index (κ3) is 4.53. The predicted molar refractivity (Wildman–Crippen MR) is 188 cm³/mol. The van der Waals surface area contributed by atoms with Crippen molar-refractivity contribution >= 4 is 46.4 Å². The number of hydrogen-bond acceptors (Lipinski definition) is 6. The number of fused-ring (bicyclic) bond motifs is 8. The Hall–Kier alpha value is -6.56. The van der Waals surface area contributed by atoms with E-state index in [4.69, 9.17) is 29.9 Å². The molecule has 0 atom stereocenters. The van der Waals surface area contributed by atoms with Crippen molar-refractivity contribution in [3.63, 3.8) is 0 Å². The number of aromatic amines is 6. The molecule has 0 saturated carbocycles. The minimum Gasteiger partial charge on any atom is -0.354 e. The molecule has 7 aromatic heterocycles. The van der Waals surface area contributed by atoms with Crippen LogP contribution in [0.2, 0.25) is 0 Å². The zero-order valence-electron chi connectivity index (χ0n) is 26.6. The highest BCUT2D eigenvalue weighted by Gasteiger charge is 2.21. The summed E-state index contributed by atoms with van der Waals surface area (Å²) in [5.41, 5.74) is 13.3. The molecule has 9 rings (SSSR count). The third-order valence-electron chi connectivity index (χ3n) is 8.52. The van der Waals surface area contributed by atoms with Gasteiger partial charge in [0.25, 0.3) is 0 Å². The molecule has 2 aliphatic rings. The second-order valence-electron chi connectivity index (χ2n) is 12.1. The van der Waals surface area contributed by atoms with Gasteiger partial charge in [0.1, 0.15) is 23.3 Å². The van der Waals surface area contributed by atoms with E-state index in [1.54, 1.807) is 0 Å². The van der Waals surface area contributed by atoms with Gasteiger partial charge in [0.05, 0.1) is 89.9 Å². The molecule has 48 heavy (non-hydrogen) atoms. The first kappa shape index (κ1) is 27.7. The lowest BCUT2D eigenvalue weighted by Crippen LogP contribution is -1.92. The number of imidazole rings is 4. The van der Waals surface area contributed by atoms with Gasteiger partial charge in [-0.2, -0.15) is 0 Å². The molecule has 0 amide bonds. The van der Waals surface area contributed by atoms with Crippen molar-refractivity contribution < 1.29 is 0 Å². The number of nitrogens with one attached hydrogen (secondary N) is 6. The van der Waals surface area contributed by atoms with Crippen molar-refractivity contribution in [2.45, 2.75) is 27.7 Å². The zero-order chi connectivity index (χ0) is 32.5. The standard InChI is InChI=1S/C36H30N12/c1-17-13-37-33(41-17)29-21-5-7-23(45-21)30(34-38-14-18(2)42-34)25-9-11-27(47-25)32(36-40-16-20(4)44-36)28-12-10-26(48-28)31(24-8-6-22(29)46-24)35-39-15-19(3)43-35/h5-16,45,48H,1-4H3,(H,37,41)(H,38,42)(H,39,43)(H,40,44). The predicted octanol–water partition coefficient (Wildman–Crippen LogP) is 7.45. The Morgan fingerprint density at radius 2 is 0.604 bits per heavy atom. The van der Waals surface area contributed by atoms with Gasteiger partial charge in [-0.3, -0.25) is 0 Å². The van der Waals surface area contributed by atoms with E-state index in [0.29, 0.717) is 23.3 Å². The van der Waals surface area contributed by atoms with Gasteiger partial charge >= 0.3 is 0 Å². The lowest BCUT2D eigenvalue weighted by Gasteiger charge is -2.03. The molecule has 2 aliphatic heterocycles. The summed E-state index contributed by atoms with van der Waals surface area (Å²) in [6.45, 7) is 7.86. The van der Waals surface area contributed by atoms with Crippen molar-refractivity contribution in [3.05, 3.63) is 94.6 Å². The molecule has 0 aromatic carbocycles. The quantitative estimate of drug-likeness (QED) is 0.118. The topological polar surface area (TPSA) is 172 Å². The number of aryl methyl sites for hydroxylation is 4. The van der Waals surface area contributed by atoms with Crippen LogP contribution < -0.4 is 0 Å². The molecule has 9 heterocycles. The summed E-state index contributed by atoms with van der Waals surface area (Å²) in [5.74, 6) is 2.84. The van der Waals surface area contributed by atoms with E-state index in [-0.39, 0.29) is 0 Å². The average Bonchev–Trinajstić information content (AvgIpc) is 3.89. The Morgan fingerprint density at radius 3 is 0.812 bits per heavy atom. The van der Waals surface area contributed by atoms with Crippen LogP contribution in [0.25, 0.3) is 91.9 Å². The number of rotatable bonds is 4. The molecule has 0 saturated heterocycles. The summed E-state index contributed by atoms with van der Waals surface area (Å²) in [5, 5.41) is 0. The van der Waals surface area contributed by atoms with Gasteiger partial charge in [-0.25, -0.2) is 29.9 Å². The molecule has 12 heteroatoms. The van der Waals surface area contributed by atoms with Crippen molar-refractivity contribution in [1.82, 2.24) is 59.8 Å². The highest BCUT2D eigenvalue weighted by atomic mass is 15.0. The lowest BCUT2D eigenvalue weighted by atomic mass is 10.1. The Bertz CT molecular complexity index is 2280. The van der Waals surface area contributed by atoms with Gasteiger partial charge in [-0.05, 0) is 76.3 Å². The summed E-state index contributed by atoms with van der Waals surface area (Å²) in [7, 11) is 0. The minimum atomic E-state index is 0.710. The molecule has 8 bridgehead atoms. The van der Waals surface area contributed by atoms with Gasteiger partial charge in [0.15, 0.2) is 0 Å². The van der Waals surface area contributed by atoms with Crippen LogP contribution in [0.3, 0.4) is 0 Å². The highest BCUT2D eigenvalue weighted by molar-refractivity contribution is 5.97. The van der Waals surface area contributed by atoms with Gasteiger partial charge in [-0.1, -0.05) is 0 Å². The van der Waals surface area contributed by atoms with Gasteiger partial charge in [0, 0.05) is 24.8 Å². The first-order valence-corrected chi connectivity index (χ1v) is 15.6. The fraction of sp³-hybridized carbons (Fsp3) is 0.111. The number of nitrogens with zero attached hydrogens (tertiary/aromatic N) is 6. The van der Waals surface area contributed by atoms with Crippen LogP contribution in [0, 0.1) is 27.7 Å². The van der Waals surface area contributed by atoms with Crippen LogP contribution in [0.15, 0.2) is 49.1 Å². The Balaban J connectivity index is 1.48. The third-order valence-corrected chi connectivity index (χ3v) is 8.52. The monoisotopic (exact) mass is 630 g/mol. The minimum absolute atomic E-state index is 0.710. The van der Waals surface area contributed by atoms with Gasteiger partial charge in [0.2, 0.25) is 0 Å². The maximum Gasteiger partial charge on any atom is 0.141 e. The summed E-state index contributed by atoms with van der Waals surface area (Å²) in [4.78, 5) is 50.5. The highest BCUT2D eigenvalue weighted by Crippen LogP contribution is 2.36. The molecule has 6 N–H and O–H groups in total. The Labute approximate surface area is 273 Å². The normalized spacial score (nSPS) is 12.4. The Kier molecular flexibility index (Phi) is 6.06. The maximum absolute atomic E-state index is 5.22. The lowest BCUT2D eigenvalue weighted by molar-refractivity contribution is 1.22. The van der Waals surface area contributed by atoms with Crippen molar-refractivity contribution in [2.75, 3.05) is 0 Å². The molecular formula is C36H30N12. The summed E-state index contributed by atoms with van der Waals surface area (Å²) in [6, 6.07) is 8.20. The smallest absolute Gasteiger partial charge is 0.141 e. The first-order chi connectivity index (χ1) is 23.4. The van der Waals surface area contributed by atoms with Gasteiger partial charge in [-0.15, -0.1) is 0 Å². The van der Waals surface area contributed by atoms with E-state index in [0.717, 1.165) is 89.9 Å². The number of aromatic nitrogens is 12. The Morgan fingerprint density at radius 1 is 0.354 bits per heavy atom. The van der Waals surface area contributed by atoms with Crippen LogP contribution in [0.1, 0.15) is 45.6 Å². The van der Waals surface area contributed by atoms with Crippen molar-refractivity contribution in [3.8, 4) is 45.6 Å². The molecule has 12 nitrogen and oxygen atoms in total. The average molecular weight is 631 g/mol. The van der Waals surface area contributed by atoms with E-state index in [1.165, 1.54) is 0 Å². The molecular weight excluding hydrogens is 600 g/mol. The molecule has 0 aliphatic carbocycles. The van der Waals surface area contributed by atoms with E-state index >= 15 is 0 Å². The van der Waals surface area contributed by atoms with Gasteiger partial charge < -0.3 is 29.9 Å². The largest absolute Gasteiger partial charge is 0.354 e. The fourth-order valence-electron chi connectivity index (χ4n) is 6.37. The van der Waals surface area contributed by atoms with Crippen LogP contribution >= 0.6 is 0 Å². The summed E-state index contributed by atoms with van der Waals surface area (Å²) < 4.78 is 0. The van der Waals surface area contributed by atoms with Crippen molar-refractivity contribution in [1.29, 1.82) is 0 Å². The molecule has 0 spiro atoms. The molecule has 0 unspecified atom stereocenters. The SMILES string of the molecule is Cc1c[nH]c(-c2c3nc(c(-c4nc(C)c[nH]4)c4ccc([nH]4)c(-c4nc(C)c[nH]4)c4nc(c(-c5nc(C)c[nH]5)c5ccc2[nH]5)C=C4)C=C3)n1. The molecule has 0 radical (unpaired) electrons. The van der Waals surface area contributed by atoms with E-state index in [9.17, 15) is 0 Å². The second-order valence-corrected chi connectivity index (χ2v) is 12.1. The fourth-order valence-corrected chi connectivity index (χ4v) is 6.37. The van der Waals surface area contributed by atoms with Crippen LogP contribution in [0.5, 0.6) is 0 Å². The summed E-state index contributed by atoms with van der Waals surface area (Å²) >= 11 is 0. The van der Waals surface area contributed by atoms with Crippen molar-refractivity contribution in [2.24, 2.45) is 0 Å². The molecule has 7 aromatic rings. The number of H-pyrrole nitrogens is 6. The van der Waals surface area contributed by atoms with Crippen LogP contribution in [-0.2, 0) is 0 Å². The first-order valence-electron chi connectivity index (χ1n) is 15.6.